The minimum Gasteiger partial charge on any atom is -0.497 e. The number of aromatic amines is 1. The van der Waals surface area contributed by atoms with Crippen molar-refractivity contribution in [3.8, 4) is 5.75 Å². The van der Waals surface area contributed by atoms with E-state index in [1.54, 1.807) is 43.5 Å². The molecule has 1 saturated carbocycles. The summed E-state index contributed by atoms with van der Waals surface area (Å²) in [6, 6.07) is 12.7. The Kier molecular flexibility index (Phi) is 6.53. The van der Waals surface area contributed by atoms with Crippen molar-refractivity contribution < 1.29 is 22.7 Å². The molecule has 0 spiro atoms. The first-order chi connectivity index (χ1) is 15.8. The summed E-state index contributed by atoms with van der Waals surface area (Å²) >= 11 is 0. The lowest BCUT2D eigenvalue weighted by molar-refractivity contribution is 0.0596. The van der Waals surface area contributed by atoms with Gasteiger partial charge in [0.1, 0.15) is 5.75 Å². The van der Waals surface area contributed by atoms with E-state index in [1.165, 1.54) is 23.5 Å². The van der Waals surface area contributed by atoms with Crippen LogP contribution in [0.2, 0.25) is 0 Å². The monoisotopic (exact) mass is 470 g/mol. The predicted molar refractivity (Wildman–Crippen MR) is 124 cm³/mol. The topological polar surface area (TPSA) is 106 Å². The molecule has 4 rings (SSSR count). The molecule has 0 radical (unpaired) electrons. The zero-order valence-electron chi connectivity index (χ0n) is 18.5. The second-order valence-electron chi connectivity index (χ2n) is 8.05. The summed E-state index contributed by atoms with van der Waals surface area (Å²) in [6.07, 6.45) is 3.19. The second kappa shape index (κ2) is 9.36. The molecule has 1 heterocycles. The zero-order chi connectivity index (χ0) is 23.6. The fraction of sp³-hybridized carbons (Fsp3) is 0.333. The number of aromatic nitrogens is 1. The first-order valence-electron chi connectivity index (χ1n) is 10.7. The third kappa shape index (κ3) is 4.51. The van der Waals surface area contributed by atoms with Crippen LogP contribution in [0.5, 0.6) is 5.75 Å². The Labute approximate surface area is 192 Å². The van der Waals surface area contributed by atoms with Gasteiger partial charge >= 0.3 is 5.97 Å². The van der Waals surface area contributed by atoms with Crippen LogP contribution in [0.1, 0.15) is 41.6 Å². The largest absolute Gasteiger partial charge is 0.497 e. The fourth-order valence-corrected chi connectivity index (χ4v) is 6.19. The van der Waals surface area contributed by atoms with Crippen molar-refractivity contribution in [1.29, 1.82) is 0 Å². The van der Waals surface area contributed by atoms with Crippen molar-refractivity contribution in [3.63, 3.8) is 0 Å². The van der Waals surface area contributed by atoms with Crippen LogP contribution in [0.3, 0.4) is 0 Å². The van der Waals surface area contributed by atoms with Crippen molar-refractivity contribution in [2.75, 3.05) is 14.2 Å². The zero-order valence-corrected chi connectivity index (χ0v) is 19.4. The minimum atomic E-state index is -4.10. The Hall–Kier alpha value is -3.17. The van der Waals surface area contributed by atoms with Crippen LogP contribution in [0.4, 0.5) is 0 Å². The first kappa shape index (κ1) is 23.0. The molecule has 0 unspecified atom stereocenters. The van der Waals surface area contributed by atoms with Crippen LogP contribution in [0.25, 0.3) is 10.9 Å². The van der Waals surface area contributed by atoms with Crippen LogP contribution in [-0.2, 0) is 21.3 Å². The Balaban J connectivity index is 1.81. The Morgan fingerprint density at radius 1 is 1.09 bits per heavy atom. The first-order valence-corrected chi connectivity index (χ1v) is 12.2. The number of H-pyrrole nitrogens is 1. The number of ether oxygens (including phenoxy) is 2. The second-order valence-corrected chi connectivity index (χ2v) is 9.91. The highest BCUT2D eigenvalue weighted by molar-refractivity contribution is 7.89. The van der Waals surface area contributed by atoms with Crippen molar-refractivity contribution in [3.05, 3.63) is 70.0 Å². The number of hydrogen-bond acceptors (Lipinski definition) is 6. The molecule has 1 N–H and O–H groups in total. The molecule has 0 aliphatic heterocycles. The summed E-state index contributed by atoms with van der Waals surface area (Å²) in [5, 5.41) is 0.739. The van der Waals surface area contributed by atoms with E-state index in [-0.39, 0.29) is 28.6 Å². The molecule has 33 heavy (non-hydrogen) atoms. The molecule has 0 atom stereocenters. The van der Waals surface area contributed by atoms with E-state index in [1.807, 2.05) is 0 Å². The van der Waals surface area contributed by atoms with Crippen LogP contribution in [0, 0.1) is 0 Å². The molecule has 0 amide bonds. The van der Waals surface area contributed by atoms with Crippen molar-refractivity contribution >= 4 is 26.9 Å². The molecule has 3 aromatic rings. The molecule has 2 aromatic carbocycles. The Morgan fingerprint density at radius 3 is 2.52 bits per heavy atom. The van der Waals surface area contributed by atoms with Crippen molar-refractivity contribution in [2.24, 2.45) is 0 Å². The van der Waals surface area contributed by atoms with E-state index in [9.17, 15) is 18.0 Å². The molecule has 1 aromatic heterocycles. The fourth-order valence-electron chi connectivity index (χ4n) is 4.34. The van der Waals surface area contributed by atoms with E-state index >= 15 is 0 Å². The van der Waals surface area contributed by atoms with Crippen molar-refractivity contribution in [1.82, 2.24) is 9.29 Å². The van der Waals surface area contributed by atoms with Gasteiger partial charge in [-0.3, -0.25) is 4.79 Å². The van der Waals surface area contributed by atoms with Crippen LogP contribution in [-0.4, -0.2) is 43.9 Å². The van der Waals surface area contributed by atoms with Gasteiger partial charge in [-0.1, -0.05) is 25.0 Å². The third-order valence-electron chi connectivity index (χ3n) is 6.07. The summed E-state index contributed by atoms with van der Waals surface area (Å²) in [4.78, 5) is 27.8. The highest BCUT2D eigenvalue weighted by Gasteiger charge is 2.36. The van der Waals surface area contributed by atoms with E-state index in [4.69, 9.17) is 9.47 Å². The maximum absolute atomic E-state index is 13.8. The Morgan fingerprint density at radius 2 is 1.82 bits per heavy atom. The molecule has 1 fully saturated rings. The molecule has 8 nitrogen and oxygen atoms in total. The van der Waals surface area contributed by atoms with Crippen LogP contribution in [0.15, 0.2) is 58.2 Å². The number of fused-ring (bicyclic) bond motifs is 1. The summed E-state index contributed by atoms with van der Waals surface area (Å²) < 4.78 is 39.1. The third-order valence-corrected chi connectivity index (χ3v) is 8.02. The van der Waals surface area contributed by atoms with Gasteiger partial charge < -0.3 is 14.5 Å². The van der Waals surface area contributed by atoms with Crippen LogP contribution < -0.4 is 10.3 Å². The highest BCUT2D eigenvalue weighted by atomic mass is 32.2. The van der Waals surface area contributed by atoms with Gasteiger partial charge in [0.05, 0.1) is 24.7 Å². The van der Waals surface area contributed by atoms with Crippen molar-refractivity contribution in [2.45, 2.75) is 43.2 Å². The van der Waals surface area contributed by atoms with E-state index in [2.05, 4.69) is 4.98 Å². The van der Waals surface area contributed by atoms with Gasteiger partial charge in [0.15, 0.2) is 0 Å². The number of rotatable bonds is 7. The SMILES string of the molecule is COC(=O)c1ccccc1S(=O)(=O)N(Cc1cc2cc(OC)ccc2[nH]c1=O)C1CCCC1. The van der Waals surface area contributed by atoms with Gasteiger partial charge in [-0.05, 0) is 49.2 Å². The van der Waals surface area contributed by atoms with Gasteiger partial charge in [0.25, 0.3) is 5.56 Å². The van der Waals surface area contributed by atoms with E-state index in [0.29, 0.717) is 29.7 Å². The summed E-state index contributed by atoms with van der Waals surface area (Å²) in [6.45, 7) is -0.106. The molecular formula is C24H26N2O6S. The summed E-state index contributed by atoms with van der Waals surface area (Å²) in [5.74, 6) is -0.0935. The number of esters is 1. The average molecular weight is 471 g/mol. The maximum atomic E-state index is 13.8. The molecule has 174 valence electrons. The lowest BCUT2D eigenvalue weighted by Crippen LogP contribution is -2.40. The number of benzene rings is 2. The Bertz CT molecular complexity index is 1340. The van der Waals surface area contributed by atoms with E-state index < -0.39 is 16.0 Å². The summed E-state index contributed by atoms with van der Waals surface area (Å²) in [7, 11) is -1.33. The number of sulfonamides is 1. The quantitative estimate of drug-likeness (QED) is 0.530. The lowest BCUT2D eigenvalue weighted by atomic mass is 10.1. The van der Waals surface area contributed by atoms with Gasteiger partial charge in [-0.2, -0.15) is 4.31 Å². The smallest absolute Gasteiger partial charge is 0.339 e. The number of nitrogens with zero attached hydrogens (tertiary/aromatic N) is 1. The number of carbonyl (C=O) groups is 1. The minimum absolute atomic E-state index is 0.0276. The molecule has 9 heteroatoms. The highest BCUT2D eigenvalue weighted by Crippen LogP contribution is 2.32. The van der Waals surface area contributed by atoms with Crippen LogP contribution >= 0.6 is 0 Å². The number of pyridine rings is 1. The normalized spacial score (nSPS) is 14.6. The van der Waals surface area contributed by atoms with Gasteiger partial charge in [0, 0.05) is 29.1 Å². The van der Waals surface area contributed by atoms with E-state index in [0.717, 1.165) is 18.2 Å². The molecule has 0 saturated heterocycles. The van der Waals surface area contributed by atoms with Gasteiger partial charge in [-0.25, -0.2) is 13.2 Å². The molecular weight excluding hydrogens is 444 g/mol. The predicted octanol–water partition coefficient (Wildman–Crippen LogP) is 3.46. The average Bonchev–Trinajstić information content (AvgIpc) is 3.36. The number of hydrogen-bond donors (Lipinski definition) is 1. The number of carbonyl (C=O) groups excluding carboxylic acids is 1. The van der Waals surface area contributed by atoms with Gasteiger partial charge in [-0.15, -0.1) is 0 Å². The number of methoxy groups -OCH3 is 2. The molecule has 1 aliphatic carbocycles. The molecule has 0 bridgehead atoms. The standard InChI is InChI=1S/C24H26N2O6S/c1-31-19-11-12-21-16(14-19)13-17(23(27)25-21)15-26(18-7-3-4-8-18)33(29,30)22-10-6-5-9-20(22)24(28)32-2/h5-6,9-14,18H,3-4,7-8,15H2,1-2H3,(H,25,27). The molecule has 1 aliphatic rings. The maximum Gasteiger partial charge on any atom is 0.339 e. The summed E-state index contributed by atoms with van der Waals surface area (Å²) in [5.41, 5.74) is 0.574. The lowest BCUT2D eigenvalue weighted by Gasteiger charge is -2.28. The van der Waals surface area contributed by atoms with Gasteiger partial charge in [0.2, 0.25) is 10.0 Å². The number of nitrogens with one attached hydrogen (secondary N) is 1.